The summed E-state index contributed by atoms with van der Waals surface area (Å²) in [6.45, 7) is 4.69. The molecule has 8 nitrogen and oxygen atoms in total. The molecule has 9 heteroatoms. The highest BCUT2D eigenvalue weighted by Gasteiger charge is 2.30. The van der Waals surface area contributed by atoms with E-state index in [1.165, 1.54) is 31.2 Å². The molecule has 1 aromatic carbocycles. The summed E-state index contributed by atoms with van der Waals surface area (Å²) >= 11 is 0. The van der Waals surface area contributed by atoms with Crippen molar-refractivity contribution in [3.63, 3.8) is 0 Å². The molecule has 0 aromatic heterocycles. The molecule has 0 fully saturated rings. The first kappa shape index (κ1) is 23.1. The van der Waals surface area contributed by atoms with Crippen LogP contribution in [-0.4, -0.2) is 42.4 Å². The lowest BCUT2D eigenvalue weighted by molar-refractivity contribution is -0.145. The van der Waals surface area contributed by atoms with E-state index in [-0.39, 0.29) is 19.4 Å². The highest BCUT2D eigenvalue weighted by Crippen LogP contribution is 2.11. The molecule has 0 bridgehead atoms. The van der Waals surface area contributed by atoms with Gasteiger partial charge in [-0.3, -0.25) is 19.2 Å². The Labute approximate surface area is 163 Å². The smallest absolute Gasteiger partial charge is 0.306 e. The van der Waals surface area contributed by atoms with Crippen LogP contribution in [0.5, 0.6) is 0 Å². The zero-order valence-corrected chi connectivity index (χ0v) is 16.2. The van der Waals surface area contributed by atoms with Crippen LogP contribution in [0.3, 0.4) is 0 Å². The summed E-state index contributed by atoms with van der Waals surface area (Å²) in [5, 5.41) is 4.99. The fourth-order valence-electron chi connectivity index (χ4n) is 2.66. The van der Waals surface area contributed by atoms with Crippen molar-refractivity contribution in [3.05, 3.63) is 35.6 Å². The maximum atomic E-state index is 13.1. The van der Waals surface area contributed by atoms with Crippen molar-refractivity contribution in [2.75, 3.05) is 6.61 Å². The van der Waals surface area contributed by atoms with E-state index in [0.717, 1.165) is 0 Å². The number of carbonyl (C=O) groups is 4. The molecule has 3 atom stereocenters. The second-order valence-electron chi connectivity index (χ2n) is 6.46. The number of nitrogens with one attached hydrogen (secondary N) is 2. The standard InChI is InChI=1S/C19H26FN3O5/c1-4-28-16(25)9-11(2)17(18(21)26)23-19(27)15(22-12(3)24)10-13-5-7-14(20)8-6-13/h5-8,11,15,17H,4,9-10H2,1-3H3,(H2,21,26)(H,22,24)(H,23,27)/t11-,15+,17-/m0/s1. The first-order chi connectivity index (χ1) is 13.1. The largest absolute Gasteiger partial charge is 0.466 e. The first-order valence-corrected chi connectivity index (χ1v) is 8.90. The molecule has 1 aromatic rings. The van der Waals surface area contributed by atoms with Gasteiger partial charge in [-0.15, -0.1) is 0 Å². The van der Waals surface area contributed by atoms with Crippen LogP contribution in [0.15, 0.2) is 24.3 Å². The number of hydrogen-bond acceptors (Lipinski definition) is 5. The van der Waals surface area contributed by atoms with Crippen molar-refractivity contribution < 1.29 is 28.3 Å². The molecule has 0 saturated heterocycles. The fraction of sp³-hybridized carbons (Fsp3) is 0.474. The second kappa shape index (κ2) is 11.0. The van der Waals surface area contributed by atoms with Gasteiger partial charge in [0.15, 0.2) is 0 Å². The van der Waals surface area contributed by atoms with Gasteiger partial charge in [-0.1, -0.05) is 19.1 Å². The summed E-state index contributed by atoms with van der Waals surface area (Å²) in [6, 6.07) is 3.34. The Bertz CT molecular complexity index is 708. The van der Waals surface area contributed by atoms with Crippen molar-refractivity contribution in [3.8, 4) is 0 Å². The summed E-state index contributed by atoms with van der Waals surface area (Å²) in [4.78, 5) is 47.5. The van der Waals surface area contributed by atoms with Crippen molar-refractivity contribution in [1.29, 1.82) is 0 Å². The van der Waals surface area contributed by atoms with Crippen molar-refractivity contribution >= 4 is 23.7 Å². The van der Waals surface area contributed by atoms with Crippen LogP contribution in [0.4, 0.5) is 4.39 Å². The summed E-state index contributed by atoms with van der Waals surface area (Å²) in [5.41, 5.74) is 5.99. The van der Waals surface area contributed by atoms with Crippen LogP contribution in [0, 0.1) is 11.7 Å². The van der Waals surface area contributed by atoms with Gasteiger partial charge in [0.25, 0.3) is 0 Å². The highest BCUT2D eigenvalue weighted by molar-refractivity contribution is 5.91. The van der Waals surface area contributed by atoms with Crippen LogP contribution in [0.2, 0.25) is 0 Å². The van der Waals surface area contributed by atoms with E-state index in [9.17, 15) is 23.6 Å². The lowest BCUT2D eigenvalue weighted by Crippen LogP contribution is -2.55. The van der Waals surface area contributed by atoms with E-state index in [4.69, 9.17) is 10.5 Å². The van der Waals surface area contributed by atoms with E-state index in [2.05, 4.69) is 10.6 Å². The molecular weight excluding hydrogens is 369 g/mol. The lowest BCUT2D eigenvalue weighted by Gasteiger charge is -2.25. The number of benzene rings is 1. The molecule has 0 aliphatic rings. The Morgan fingerprint density at radius 3 is 2.25 bits per heavy atom. The topological polar surface area (TPSA) is 128 Å². The number of ether oxygens (including phenoxy) is 1. The van der Waals surface area contributed by atoms with Gasteiger partial charge in [0.2, 0.25) is 17.7 Å². The van der Waals surface area contributed by atoms with Gasteiger partial charge in [0.1, 0.15) is 17.9 Å². The highest BCUT2D eigenvalue weighted by atomic mass is 19.1. The van der Waals surface area contributed by atoms with Gasteiger partial charge in [0, 0.05) is 13.3 Å². The molecule has 4 N–H and O–H groups in total. The normalized spacial score (nSPS) is 13.7. The average molecular weight is 395 g/mol. The monoisotopic (exact) mass is 395 g/mol. The Kier molecular flexibility index (Phi) is 9.07. The minimum absolute atomic E-state index is 0.0867. The first-order valence-electron chi connectivity index (χ1n) is 8.90. The number of halogens is 1. The number of carbonyl (C=O) groups excluding carboxylic acids is 4. The molecule has 0 aliphatic heterocycles. The molecule has 0 unspecified atom stereocenters. The minimum atomic E-state index is -1.12. The second-order valence-corrected chi connectivity index (χ2v) is 6.46. The molecule has 1 rings (SSSR count). The van der Waals surface area contributed by atoms with Crippen LogP contribution in [0.1, 0.15) is 32.8 Å². The van der Waals surface area contributed by atoms with Gasteiger partial charge in [-0.2, -0.15) is 0 Å². The Hall–Kier alpha value is -2.97. The molecule has 0 radical (unpaired) electrons. The zero-order chi connectivity index (χ0) is 21.3. The van der Waals surface area contributed by atoms with Crippen LogP contribution in [0.25, 0.3) is 0 Å². The molecule has 154 valence electrons. The van der Waals surface area contributed by atoms with E-state index in [1.54, 1.807) is 13.8 Å². The molecule has 0 spiro atoms. The molecular formula is C19H26FN3O5. The SMILES string of the molecule is CCOC(=O)C[C@H](C)[C@H](NC(=O)[C@@H](Cc1ccc(F)cc1)NC(C)=O)C(N)=O. The van der Waals surface area contributed by atoms with E-state index in [0.29, 0.717) is 5.56 Å². The molecule has 0 saturated carbocycles. The summed E-state index contributed by atoms with van der Waals surface area (Å²) in [5.74, 6) is -3.44. The third-order valence-corrected chi connectivity index (χ3v) is 4.01. The Balaban J connectivity index is 2.89. The third-order valence-electron chi connectivity index (χ3n) is 4.01. The minimum Gasteiger partial charge on any atom is -0.466 e. The van der Waals surface area contributed by atoms with E-state index < -0.39 is 47.5 Å². The average Bonchev–Trinajstić information content (AvgIpc) is 2.60. The summed E-state index contributed by atoms with van der Waals surface area (Å²) in [7, 11) is 0. The maximum Gasteiger partial charge on any atom is 0.306 e. The fourth-order valence-corrected chi connectivity index (χ4v) is 2.66. The van der Waals surface area contributed by atoms with Crippen LogP contribution >= 0.6 is 0 Å². The van der Waals surface area contributed by atoms with Crippen molar-refractivity contribution in [2.24, 2.45) is 11.7 Å². The van der Waals surface area contributed by atoms with Gasteiger partial charge < -0.3 is 21.1 Å². The lowest BCUT2D eigenvalue weighted by atomic mass is 9.96. The number of esters is 1. The van der Waals surface area contributed by atoms with Crippen molar-refractivity contribution in [1.82, 2.24) is 10.6 Å². The molecule has 0 aliphatic carbocycles. The van der Waals surface area contributed by atoms with Gasteiger partial charge in [-0.25, -0.2) is 4.39 Å². The number of nitrogens with two attached hydrogens (primary N) is 1. The third kappa shape index (κ3) is 7.73. The van der Waals surface area contributed by atoms with E-state index in [1.807, 2.05) is 0 Å². The number of hydrogen-bond donors (Lipinski definition) is 3. The number of primary amides is 1. The van der Waals surface area contributed by atoms with Gasteiger partial charge in [0.05, 0.1) is 13.0 Å². The molecule has 28 heavy (non-hydrogen) atoms. The van der Waals surface area contributed by atoms with E-state index >= 15 is 0 Å². The Morgan fingerprint density at radius 2 is 1.75 bits per heavy atom. The van der Waals surface area contributed by atoms with Gasteiger partial charge in [-0.05, 0) is 30.5 Å². The van der Waals surface area contributed by atoms with Crippen LogP contribution < -0.4 is 16.4 Å². The Morgan fingerprint density at radius 1 is 1.14 bits per heavy atom. The number of rotatable bonds is 10. The van der Waals surface area contributed by atoms with Gasteiger partial charge >= 0.3 is 5.97 Å². The summed E-state index contributed by atoms with van der Waals surface area (Å²) < 4.78 is 17.9. The predicted molar refractivity (Wildman–Crippen MR) is 99.2 cm³/mol. The zero-order valence-electron chi connectivity index (χ0n) is 16.2. The molecule has 3 amide bonds. The maximum absolute atomic E-state index is 13.1. The van der Waals surface area contributed by atoms with Crippen molar-refractivity contribution in [2.45, 2.75) is 45.7 Å². The predicted octanol–water partition coefficient (Wildman–Crippen LogP) is 0.432. The molecule has 0 heterocycles. The summed E-state index contributed by atoms with van der Waals surface area (Å²) in [6.07, 6.45) is -0.0199. The number of amides is 3. The quantitative estimate of drug-likeness (QED) is 0.495. The van der Waals surface area contributed by atoms with Crippen LogP contribution in [-0.2, 0) is 30.3 Å².